The minimum atomic E-state index is -0.740. The molecule has 0 amide bonds. The molecule has 2 N–H and O–H groups in total. The minimum Gasteiger partial charge on any atom is -0.444 e. The molecule has 0 fully saturated rings. The van der Waals surface area contributed by atoms with Gasteiger partial charge in [-0.25, -0.2) is 4.79 Å². The lowest BCUT2D eigenvalue weighted by Gasteiger charge is -2.07. The van der Waals surface area contributed by atoms with Crippen LogP contribution in [0.4, 0.5) is 5.69 Å². The molecule has 0 aliphatic carbocycles. The average molecular weight is 204 g/mol. The number of carbonyl (C=O) groups is 1. The molecule has 0 heterocycles. The van der Waals surface area contributed by atoms with Gasteiger partial charge in [-0.15, -0.1) is 0 Å². The average Bonchev–Trinajstić information content (AvgIpc) is 2.21. The third kappa shape index (κ3) is 2.71. The van der Waals surface area contributed by atoms with E-state index in [1.54, 1.807) is 25.1 Å². The maximum absolute atomic E-state index is 11.5. The Balaban J connectivity index is 2.84. The Morgan fingerprint density at radius 2 is 2.27 bits per heavy atom. The van der Waals surface area contributed by atoms with Gasteiger partial charge < -0.3 is 10.5 Å². The van der Waals surface area contributed by atoms with Crippen molar-refractivity contribution in [1.82, 2.24) is 0 Å². The molecule has 1 unspecified atom stereocenters. The molecule has 0 saturated carbocycles. The van der Waals surface area contributed by atoms with Crippen molar-refractivity contribution in [3.8, 4) is 6.07 Å². The van der Waals surface area contributed by atoms with Crippen molar-refractivity contribution in [2.45, 2.75) is 20.0 Å². The largest absolute Gasteiger partial charge is 0.444 e. The lowest BCUT2D eigenvalue weighted by molar-refractivity contribution is 0.0435. The minimum absolute atomic E-state index is 0.406. The van der Waals surface area contributed by atoms with Crippen molar-refractivity contribution in [3.05, 3.63) is 29.3 Å². The predicted molar refractivity (Wildman–Crippen MR) is 56.1 cm³/mol. The molecule has 1 aromatic rings. The molecule has 0 spiro atoms. The Kier molecular flexibility index (Phi) is 3.29. The van der Waals surface area contributed by atoms with E-state index in [4.69, 9.17) is 15.7 Å². The third-order valence-electron chi connectivity index (χ3n) is 1.97. The third-order valence-corrected chi connectivity index (χ3v) is 1.97. The molecule has 1 aromatic carbocycles. The highest BCUT2D eigenvalue weighted by molar-refractivity contribution is 5.90. The van der Waals surface area contributed by atoms with E-state index in [0.29, 0.717) is 11.3 Å². The molecule has 78 valence electrons. The highest BCUT2D eigenvalue weighted by atomic mass is 16.5. The summed E-state index contributed by atoms with van der Waals surface area (Å²) in [5.74, 6) is -0.507. The number of aryl methyl sites for hydroxylation is 1. The molecule has 4 nitrogen and oxygen atoms in total. The van der Waals surface area contributed by atoms with Gasteiger partial charge in [-0.2, -0.15) is 5.26 Å². The number of hydrogen-bond acceptors (Lipinski definition) is 4. The maximum Gasteiger partial charge on any atom is 0.339 e. The first-order chi connectivity index (χ1) is 7.04. The van der Waals surface area contributed by atoms with Gasteiger partial charge in [-0.05, 0) is 37.6 Å². The number of rotatable bonds is 2. The second-order valence-corrected chi connectivity index (χ2v) is 3.25. The zero-order valence-corrected chi connectivity index (χ0v) is 8.65. The Hall–Kier alpha value is -2.02. The quantitative estimate of drug-likeness (QED) is 0.587. The number of nitrogens with two attached hydrogens (primary N) is 1. The molecule has 0 aromatic heterocycles. The normalized spacial score (nSPS) is 11.5. The van der Waals surface area contributed by atoms with Crippen LogP contribution < -0.4 is 5.73 Å². The lowest BCUT2D eigenvalue weighted by Crippen LogP contribution is -2.13. The van der Waals surface area contributed by atoms with E-state index in [-0.39, 0.29) is 0 Å². The molecule has 0 saturated heterocycles. The van der Waals surface area contributed by atoms with Crippen LogP contribution in [0.5, 0.6) is 0 Å². The zero-order chi connectivity index (χ0) is 11.4. The molecule has 15 heavy (non-hydrogen) atoms. The molecule has 0 aliphatic heterocycles. The van der Waals surface area contributed by atoms with Gasteiger partial charge in [0.15, 0.2) is 6.10 Å². The summed E-state index contributed by atoms with van der Waals surface area (Å²) in [7, 11) is 0. The second kappa shape index (κ2) is 4.47. The van der Waals surface area contributed by atoms with E-state index in [9.17, 15) is 4.79 Å². The highest BCUT2D eigenvalue weighted by Crippen LogP contribution is 2.13. The molecule has 0 bridgehead atoms. The topological polar surface area (TPSA) is 76.1 Å². The lowest BCUT2D eigenvalue weighted by atomic mass is 10.1. The van der Waals surface area contributed by atoms with E-state index in [0.717, 1.165) is 5.56 Å². The van der Waals surface area contributed by atoms with Gasteiger partial charge in [-0.3, -0.25) is 0 Å². The van der Waals surface area contributed by atoms with Crippen molar-refractivity contribution in [3.63, 3.8) is 0 Å². The fourth-order valence-corrected chi connectivity index (χ4v) is 1.06. The van der Waals surface area contributed by atoms with Crippen molar-refractivity contribution in [1.29, 1.82) is 5.26 Å². The summed E-state index contributed by atoms with van der Waals surface area (Å²) >= 11 is 0. The molecular formula is C11H12N2O2. The second-order valence-electron chi connectivity index (χ2n) is 3.25. The Bertz CT molecular complexity index is 421. The van der Waals surface area contributed by atoms with Gasteiger partial charge in [-0.1, -0.05) is 0 Å². The predicted octanol–water partition coefficient (Wildman–Crippen LogP) is 1.65. The monoisotopic (exact) mass is 204 g/mol. The van der Waals surface area contributed by atoms with E-state index < -0.39 is 12.1 Å². The van der Waals surface area contributed by atoms with E-state index in [2.05, 4.69) is 0 Å². The number of nitrogen functional groups attached to an aromatic ring is 1. The van der Waals surface area contributed by atoms with Crippen LogP contribution in [0.1, 0.15) is 22.8 Å². The first kappa shape index (κ1) is 11.1. The number of carbonyl (C=O) groups excluding carboxylic acids is 1. The first-order valence-electron chi connectivity index (χ1n) is 4.51. The summed E-state index contributed by atoms with van der Waals surface area (Å²) in [6.45, 7) is 3.32. The fourth-order valence-electron chi connectivity index (χ4n) is 1.06. The summed E-state index contributed by atoms with van der Waals surface area (Å²) < 4.78 is 4.84. The van der Waals surface area contributed by atoms with Gasteiger partial charge in [0, 0.05) is 5.69 Å². The maximum atomic E-state index is 11.5. The number of esters is 1. The SMILES string of the molecule is Cc1cc(C(=O)OC(C)C#N)ccc1N. The van der Waals surface area contributed by atoms with Crippen LogP contribution in [0.2, 0.25) is 0 Å². The van der Waals surface area contributed by atoms with Gasteiger partial charge in [0.1, 0.15) is 6.07 Å². The summed E-state index contributed by atoms with van der Waals surface area (Å²) in [4.78, 5) is 11.5. The molecule has 1 atom stereocenters. The summed E-state index contributed by atoms with van der Waals surface area (Å²) in [6.07, 6.45) is -0.740. The van der Waals surface area contributed by atoms with Crippen molar-refractivity contribution < 1.29 is 9.53 Å². The molecular weight excluding hydrogens is 192 g/mol. The van der Waals surface area contributed by atoms with Crippen LogP contribution in [0.15, 0.2) is 18.2 Å². The van der Waals surface area contributed by atoms with Gasteiger partial charge >= 0.3 is 5.97 Å². The molecule has 4 heteroatoms. The number of benzene rings is 1. The fraction of sp³-hybridized carbons (Fsp3) is 0.273. The first-order valence-corrected chi connectivity index (χ1v) is 4.51. The number of nitriles is 1. The van der Waals surface area contributed by atoms with E-state index in [1.165, 1.54) is 6.92 Å². The smallest absolute Gasteiger partial charge is 0.339 e. The highest BCUT2D eigenvalue weighted by Gasteiger charge is 2.11. The number of ether oxygens (including phenoxy) is 1. The van der Waals surface area contributed by atoms with Crippen molar-refractivity contribution in [2.24, 2.45) is 0 Å². The van der Waals surface area contributed by atoms with Crippen LogP contribution in [0.25, 0.3) is 0 Å². The van der Waals surface area contributed by atoms with Crippen LogP contribution in [0.3, 0.4) is 0 Å². The van der Waals surface area contributed by atoms with Crippen molar-refractivity contribution in [2.75, 3.05) is 5.73 Å². The Morgan fingerprint density at radius 1 is 1.60 bits per heavy atom. The van der Waals surface area contributed by atoms with Crippen LogP contribution >= 0.6 is 0 Å². The standard InChI is InChI=1S/C11H12N2O2/c1-7-5-9(3-4-10(7)13)11(14)15-8(2)6-12/h3-5,8H,13H2,1-2H3. The van der Waals surface area contributed by atoms with Crippen LogP contribution in [0, 0.1) is 18.3 Å². The Morgan fingerprint density at radius 3 is 2.80 bits per heavy atom. The number of nitrogens with zero attached hydrogens (tertiary/aromatic N) is 1. The van der Waals surface area contributed by atoms with Gasteiger partial charge in [0.2, 0.25) is 0 Å². The molecule has 0 radical (unpaired) electrons. The molecule has 0 aliphatic rings. The zero-order valence-electron chi connectivity index (χ0n) is 8.65. The Labute approximate surface area is 88.3 Å². The number of hydrogen-bond donors (Lipinski definition) is 1. The number of anilines is 1. The summed E-state index contributed by atoms with van der Waals surface area (Å²) in [6, 6.07) is 6.68. The summed E-state index contributed by atoms with van der Waals surface area (Å²) in [5.41, 5.74) is 7.46. The van der Waals surface area contributed by atoms with Crippen LogP contribution in [-0.4, -0.2) is 12.1 Å². The van der Waals surface area contributed by atoms with Crippen LogP contribution in [-0.2, 0) is 4.74 Å². The van der Waals surface area contributed by atoms with Gasteiger partial charge in [0.25, 0.3) is 0 Å². The molecule has 1 rings (SSSR count). The van der Waals surface area contributed by atoms with Crippen molar-refractivity contribution >= 4 is 11.7 Å². The summed E-state index contributed by atoms with van der Waals surface area (Å²) in [5, 5.41) is 8.48. The van der Waals surface area contributed by atoms with E-state index >= 15 is 0 Å². The van der Waals surface area contributed by atoms with E-state index in [1.807, 2.05) is 6.07 Å². The van der Waals surface area contributed by atoms with Gasteiger partial charge in [0.05, 0.1) is 5.56 Å².